The third-order valence-corrected chi connectivity index (χ3v) is 5.40. The molecule has 3 atom stereocenters. The molecule has 1 aliphatic heterocycles. The van der Waals surface area contributed by atoms with Gasteiger partial charge in [-0.1, -0.05) is 13.3 Å². The van der Waals surface area contributed by atoms with Gasteiger partial charge in [0.2, 0.25) is 5.91 Å². The normalized spacial score (nSPS) is 38.5. The Hall–Kier alpha value is -0.570. The number of rotatable bonds is 3. The Balaban J connectivity index is 1.62. The lowest BCUT2D eigenvalue weighted by Gasteiger charge is -2.43. The maximum atomic E-state index is 12.4. The summed E-state index contributed by atoms with van der Waals surface area (Å²) in [7, 11) is 0. The van der Waals surface area contributed by atoms with Crippen molar-refractivity contribution in [2.24, 2.45) is 11.8 Å². The largest absolute Gasteiger partial charge is 0.349 e. The first-order valence-electron chi connectivity index (χ1n) is 7.29. The second-order valence-electron chi connectivity index (χ2n) is 6.22. The summed E-state index contributed by atoms with van der Waals surface area (Å²) in [5.74, 6) is 1.66. The summed E-state index contributed by atoms with van der Waals surface area (Å²) in [6.45, 7) is 3.25. The molecule has 2 aliphatic carbocycles. The molecule has 1 heterocycles. The fourth-order valence-corrected chi connectivity index (χ4v) is 3.98. The van der Waals surface area contributed by atoms with Crippen LogP contribution in [0.4, 0.5) is 0 Å². The van der Waals surface area contributed by atoms with E-state index >= 15 is 0 Å². The third-order valence-electron chi connectivity index (χ3n) is 5.40. The van der Waals surface area contributed by atoms with Crippen LogP contribution in [-0.2, 0) is 4.79 Å². The minimum Gasteiger partial charge on any atom is -0.349 e. The van der Waals surface area contributed by atoms with Gasteiger partial charge in [-0.25, -0.2) is 0 Å². The summed E-state index contributed by atoms with van der Waals surface area (Å²) in [6.07, 6.45) is 8.60. The van der Waals surface area contributed by atoms with E-state index in [-0.39, 0.29) is 17.5 Å². The van der Waals surface area contributed by atoms with Crippen LogP contribution in [0.5, 0.6) is 0 Å². The predicted molar refractivity (Wildman–Crippen MR) is 67.6 cm³/mol. The van der Waals surface area contributed by atoms with E-state index in [9.17, 15) is 4.79 Å². The van der Waals surface area contributed by atoms with Crippen LogP contribution in [0.3, 0.4) is 0 Å². The highest BCUT2D eigenvalue weighted by molar-refractivity contribution is 5.83. The van der Waals surface area contributed by atoms with Crippen LogP contribution < -0.4 is 10.6 Å². The van der Waals surface area contributed by atoms with Gasteiger partial charge in [-0.05, 0) is 56.9 Å². The van der Waals surface area contributed by atoms with Crippen molar-refractivity contribution >= 4 is 5.91 Å². The highest BCUT2D eigenvalue weighted by atomic mass is 16.2. The van der Waals surface area contributed by atoms with Crippen LogP contribution >= 0.6 is 0 Å². The topological polar surface area (TPSA) is 41.1 Å². The van der Waals surface area contributed by atoms with Crippen LogP contribution in [0.25, 0.3) is 0 Å². The van der Waals surface area contributed by atoms with Gasteiger partial charge in [0.05, 0.1) is 6.04 Å². The first kappa shape index (κ1) is 11.5. The summed E-state index contributed by atoms with van der Waals surface area (Å²) in [6, 6.07) is 0.103. The highest BCUT2D eigenvalue weighted by Crippen LogP contribution is 2.39. The van der Waals surface area contributed by atoms with E-state index in [1.807, 2.05) is 0 Å². The number of hydrogen-bond donors (Lipinski definition) is 2. The van der Waals surface area contributed by atoms with Gasteiger partial charge in [0, 0.05) is 5.54 Å². The molecule has 1 saturated heterocycles. The molecule has 3 nitrogen and oxygen atoms in total. The van der Waals surface area contributed by atoms with E-state index in [1.54, 1.807) is 0 Å². The molecule has 3 unspecified atom stereocenters. The molecule has 0 aromatic heterocycles. The van der Waals surface area contributed by atoms with E-state index in [4.69, 9.17) is 0 Å². The fourth-order valence-electron chi connectivity index (χ4n) is 3.98. The predicted octanol–water partition coefficient (Wildman–Crippen LogP) is 1.82. The lowest BCUT2D eigenvalue weighted by molar-refractivity contribution is -0.127. The summed E-state index contributed by atoms with van der Waals surface area (Å²) in [5, 5.41) is 6.77. The first-order valence-corrected chi connectivity index (χ1v) is 7.29. The zero-order chi connectivity index (χ0) is 11.9. The van der Waals surface area contributed by atoms with Crippen molar-refractivity contribution < 1.29 is 4.79 Å². The number of carbonyl (C=O) groups excluding carboxylic acids is 1. The second kappa shape index (κ2) is 4.27. The van der Waals surface area contributed by atoms with Crippen molar-refractivity contribution in [3.63, 3.8) is 0 Å². The molecule has 2 N–H and O–H groups in total. The highest BCUT2D eigenvalue weighted by Gasteiger charge is 2.45. The van der Waals surface area contributed by atoms with Crippen molar-refractivity contribution in [2.45, 2.75) is 63.5 Å². The molecule has 2 saturated carbocycles. The van der Waals surface area contributed by atoms with Crippen molar-refractivity contribution in [3.05, 3.63) is 0 Å². The Kier molecular flexibility index (Phi) is 2.89. The van der Waals surface area contributed by atoms with Crippen LogP contribution in [0.15, 0.2) is 0 Å². The van der Waals surface area contributed by atoms with E-state index < -0.39 is 0 Å². The zero-order valence-corrected chi connectivity index (χ0v) is 10.8. The number of hydrogen-bond acceptors (Lipinski definition) is 2. The molecule has 0 spiro atoms. The Morgan fingerprint density at radius 1 is 1.35 bits per heavy atom. The number of amides is 1. The van der Waals surface area contributed by atoms with Gasteiger partial charge in [-0.15, -0.1) is 0 Å². The number of nitrogens with one attached hydrogen (secondary N) is 2. The maximum Gasteiger partial charge on any atom is 0.237 e. The van der Waals surface area contributed by atoms with E-state index in [1.165, 1.54) is 38.5 Å². The quantitative estimate of drug-likeness (QED) is 0.785. The average Bonchev–Trinajstić information content (AvgIpc) is 2.84. The molecule has 0 aromatic rings. The molecule has 96 valence electrons. The van der Waals surface area contributed by atoms with Crippen molar-refractivity contribution in [3.8, 4) is 0 Å². The maximum absolute atomic E-state index is 12.4. The van der Waals surface area contributed by atoms with Gasteiger partial charge in [0.1, 0.15) is 0 Å². The monoisotopic (exact) mass is 236 g/mol. The van der Waals surface area contributed by atoms with Crippen LogP contribution in [0.2, 0.25) is 0 Å². The molecule has 3 heteroatoms. The molecular weight excluding hydrogens is 212 g/mol. The lowest BCUT2D eigenvalue weighted by atomic mass is 9.74. The smallest absolute Gasteiger partial charge is 0.237 e. The summed E-state index contributed by atoms with van der Waals surface area (Å²) >= 11 is 0. The molecule has 0 bridgehead atoms. The van der Waals surface area contributed by atoms with Gasteiger partial charge in [-0.3, -0.25) is 4.79 Å². The minimum absolute atomic E-state index is 0.103. The molecule has 3 rings (SSSR count). The van der Waals surface area contributed by atoms with Gasteiger partial charge >= 0.3 is 0 Å². The van der Waals surface area contributed by atoms with E-state index in [0.717, 1.165) is 18.9 Å². The Bertz CT molecular complexity index is 306. The van der Waals surface area contributed by atoms with Crippen LogP contribution in [0.1, 0.15) is 51.9 Å². The Morgan fingerprint density at radius 3 is 2.82 bits per heavy atom. The molecule has 17 heavy (non-hydrogen) atoms. The molecule has 0 aromatic carbocycles. The van der Waals surface area contributed by atoms with E-state index in [0.29, 0.717) is 5.92 Å². The van der Waals surface area contributed by atoms with Crippen molar-refractivity contribution in [1.29, 1.82) is 0 Å². The average molecular weight is 236 g/mol. The van der Waals surface area contributed by atoms with Crippen molar-refractivity contribution in [2.75, 3.05) is 6.54 Å². The molecular formula is C14H24N2O. The molecule has 3 aliphatic rings. The standard InChI is InChI=1S/C14H24N2O/c1-2-14(7-4-8-14)16-13(17)12-11-6-3-5-10(11)9-15-12/h10-12,15H,2-9H2,1H3,(H,16,17). The van der Waals surface area contributed by atoms with Gasteiger partial charge < -0.3 is 10.6 Å². The van der Waals surface area contributed by atoms with Gasteiger partial charge in [-0.2, -0.15) is 0 Å². The van der Waals surface area contributed by atoms with Gasteiger partial charge in [0.25, 0.3) is 0 Å². The number of fused-ring (bicyclic) bond motifs is 1. The Morgan fingerprint density at radius 2 is 2.18 bits per heavy atom. The van der Waals surface area contributed by atoms with Gasteiger partial charge in [0.15, 0.2) is 0 Å². The molecule has 0 radical (unpaired) electrons. The summed E-state index contributed by atoms with van der Waals surface area (Å²) in [4.78, 5) is 12.4. The molecule has 1 amide bonds. The minimum atomic E-state index is 0.103. The first-order chi connectivity index (χ1) is 8.24. The number of carbonyl (C=O) groups is 1. The Labute approximate surface area is 104 Å². The molecule has 3 fully saturated rings. The van der Waals surface area contributed by atoms with E-state index in [2.05, 4.69) is 17.6 Å². The fraction of sp³-hybridized carbons (Fsp3) is 0.929. The SMILES string of the molecule is CCC1(NC(=O)C2NCC3CCCC32)CCC1. The van der Waals surface area contributed by atoms with Crippen LogP contribution in [0, 0.1) is 11.8 Å². The second-order valence-corrected chi connectivity index (χ2v) is 6.22. The third kappa shape index (κ3) is 1.88. The van der Waals surface area contributed by atoms with Crippen molar-refractivity contribution in [1.82, 2.24) is 10.6 Å². The zero-order valence-electron chi connectivity index (χ0n) is 10.8. The summed E-state index contributed by atoms with van der Waals surface area (Å²) < 4.78 is 0. The summed E-state index contributed by atoms with van der Waals surface area (Å²) in [5.41, 5.74) is 0.148. The lowest BCUT2D eigenvalue weighted by Crippen LogP contribution is -2.57. The van der Waals surface area contributed by atoms with Crippen LogP contribution in [-0.4, -0.2) is 24.0 Å².